The molecule has 152 valence electrons. The monoisotopic (exact) mass is 396 g/mol. The van der Waals surface area contributed by atoms with Crippen LogP contribution in [-0.4, -0.2) is 38.1 Å². The van der Waals surface area contributed by atoms with Crippen molar-refractivity contribution in [3.63, 3.8) is 0 Å². The van der Waals surface area contributed by atoms with Gasteiger partial charge in [-0.25, -0.2) is 0 Å². The second-order valence-electron chi connectivity index (χ2n) is 6.34. The predicted octanol–water partition coefficient (Wildman–Crippen LogP) is 4.18. The number of likely N-dealkylation sites (N-methyl/N-ethyl adjacent to an activating group) is 1. The molecule has 2 aromatic rings. The lowest BCUT2D eigenvalue weighted by molar-refractivity contribution is -0.137. The third-order valence-corrected chi connectivity index (χ3v) is 4.40. The molecule has 1 unspecified atom stereocenters. The number of nitrogens with zero attached hydrogens (tertiary/aromatic N) is 1. The highest BCUT2D eigenvalue weighted by atomic mass is 19.4. The van der Waals surface area contributed by atoms with Gasteiger partial charge >= 0.3 is 6.18 Å². The molecule has 1 atom stereocenters. The van der Waals surface area contributed by atoms with Gasteiger partial charge < -0.3 is 14.8 Å². The zero-order valence-electron chi connectivity index (χ0n) is 16.1. The number of rotatable bonds is 7. The maximum atomic E-state index is 12.6. The van der Waals surface area contributed by atoms with Gasteiger partial charge in [0.2, 0.25) is 5.91 Å². The summed E-state index contributed by atoms with van der Waals surface area (Å²) in [5.74, 6) is 0.889. The van der Waals surface area contributed by atoms with Gasteiger partial charge in [-0.15, -0.1) is 0 Å². The van der Waals surface area contributed by atoms with Gasteiger partial charge in [0.05, 0.1) is 25.8 Å². The number of hydrogen-bond donors (Lipinski definition) is 1. The van der Waals surface area contributed by atoms with Crippen LogP contribution >= 0.6 is 0 Å². The number of carbonyl (C=O) groups excluding carboxylic acids is 1. The highest BCUT2D eigenvalue weighted by molar-refractivity contribution is 5.94. The van der Waals surface area contributed by atoms with Crippen molar-refractivity contribution in [2.45, 2.75) is 25.7 Å². The van der Waals surface area contributed by atoms with Crippen LogP contribution in [0.3, 0.4) is 0 Å². The molecule has 0 heterocycles. The zero-order valence-corrected chi connectivity index (χ0v) is 16.1. The minimum absolute atomic E-state index is 0.310. The van der Waals surface area contributed by atoms with E-state index in [1.54, 1.807) is 34.3 Å². The van der Waals surface area contributed by atoms with Gasteiger partial charge in [-0.2, -0.15) is 13.2 Å². The van der Waals surface area contributed by atoms with Gasteiger partial charge in [-0.3, -0.25) is 9.69 Å². The summed E-state index contributed by atoms with van der Waals surface area (Å²) in [5.41, 5.74) is 0.475. The maximum absolute atomic E-state index is 12.6. The van der Waals surface area contributed by atoms with E-state index in [1.165, 1.54) is 12.1 Å². The van der Waals surface area contributed by atoms with Crippen molar-refractivity contribution >= 4 is 11.6 Å². The van der Waals surface area contributed by atoms with Crippen molar-refractivity contribution in [2.75, 3.05) is 26.6 Å². The zero-order chi connectivity index (χ0) is 20.9. The summed E-state index contributed by atoms with van der Waals surface area (Å²) in [6, 6.07) is 9.34. The molecule has 2 rings (SSSR count). The number of nitrogens with one attached hydrogen (secondary N) is 1. The summed E-state index contributed by atoms with van der Waals surface area (Å²) in [5, 5.41) is 2.64. The van der Waals surface area contributed by atoms with Gasteiger partial charge in [-0.1, -0.05) is 6.07 Å². The van der Waals surface area contributed by atoms with E-state index in [9.17, 15) is 18.0 Å². The summed E-state index contributed by atoms with van der Waals surface area (Å²) in [6.07, 6.45) is -4.41. The van der Waals surface area contributed by atoms with Gasteiger partial charge in [-0.05, 0) is 55.9 Å². The first-order valence-electron chi connectivity index (χ1n) is 8.55. The van der Waals surface area contributed by atoms with Crippen LogP contribution in [-0.2, 0) is 17.5 Å². The highest BCUT2D eigenvalue weighted by Gasteiger charge is 2.30. The fourth-order valence-electron chi connectivity index (χ4n) is 2.59. The molecule has 0 saturated heterocycles. The first kappa shape index (κ1) is 21.6. The summed E-state index contributed by atoms with van der Waals surface area (Å²) < 4.78 is 48.3. The minimum atomic E-state index is -4.41. The van der Waals surface area contributed by atoms with Crippen LogP contribution in [0.25, 0.3) is 0 Å². The Kier molecular flexibility index (Phi) is 6.90. The van der Waals surface area contributed by atoms with Crippen molar-refractivity contribution in [2.24, 2.45) is 0 Å². The molecule has 28 heavy (non-hydrogen) atoms. The number of alkyl halides is 3. The second-order valence-corrected chi connectivity index (χ2v) is 6.34. The third kappa shape index (κ3) is 5.39. The molecule has 5 nitrogen and oxygen atoms in total. The first-order chi connectivity index (χ1) is 13.2. The average Bonchev–Trinajstić information content (AvgIpc) is 2.66. The molecular formula is C20H23F3N2O3. The number of benzene rings is 2. The number of ether oxygens (including phenoxy) is 2. The van der Waals surface area contributed by atoms with E-state index in [4.69, 9.17) is 9.47 Å². The Hall–Kier alpha value is -2.74. The number of carbonyl (C=O) groups is 1. The van der Waals surface area contributed by atoms with Crippen LogP contribution in [0.4, 0.5) is 18.9 Å². The van der Waals surface area contributed by atoms with Crippen LogP contribution in [0.15, 0.2) is 42.5 Å². The first-order valence-corrected chi connectivity index (χ1v) is 8.55. The Balaban J connectivity index is 2.00. The van der Waals surface area contributed by atoms with Crippen LogP contribution in [0.1, 0.15) is 18.1 Å². The average molecular weight is 396 g/mol. The van der Waals surface area contributed by atoms with Gasteiger partial charge in [0.15, 0.2) is 11.5 Å². The van der Waals surface area contributed by atoms with Crippen LogP contribution in [0.2, 0.25) is 0 Å². The molecular weight excluding hydrogens is 373 g/mol. The van der Waals surface area contributed by atoms with Crippen LogP contribution < -0.4 is 14.8 Å². The fraction of sp³-hybridized carbons (Fsp3) is 0.350. The standard InChI is InChI=1S/C20H23F3N2O3/c1-13(19(26)24-16-8-6-15(7-9-16)20(21,22)23)25(2)12-14-5-10-17(27-3)18(11-14)28-4/h5-11,13H,12H2,1-4H3,(H,24,26). The molecule has 0 aliphatic rings. The Labute approximate surface area is 162 Å². The van der Waals surface area contributed by atoms with Crippen molar-refractivity contribution < 1.29 is 27.4 Å². The quantitative estimate of drug-likeness (QED) is 0.763. The molecule has 0 aliphatic heterocycles. The molecule has 0 aromatic heterocycles. The fourth-order valence-corrected chi connectivity index (χ4v) is 2.59. The largest absolute Gasteiger partial charge is 0.493 e. The Morgan fingerprint density at radius 3 is 2.21 bits per heavy atom. The summed E-state index contributed by atoms with van der Waals surface area (Å²) in [6.45, 7) is 2.20. The van der Waals surface area contributed by atoms with Gasteiger partial charge in [0.25, 0.3) is 0 Å². The van der Waals surface area contributed by atoms with Crippen molar-refractivity contribution in [3.05, 3.63) is 53.6 Å². The smallest absolute Gasteiger partial charge is 0.416 e. The lowest BCUT2D eigenvalue weighted by atomic mass is 10.1. The summed E-state index contributed by atoms with van der Waals surface area (Å²) in [7, 11) is 4.89. The van der Waals surface area contributed by atoms with E-state index in [0.717, 1.165) is 17.7 Å². The second kappa shape index (κ2) is 8.97. The molecule has 0 spiro atoms. The Bertz CT molecular complexity index is 807. The van der Waals surface area contributed by atoms with Gasteiger partial charge in [0.1, 0.15) is 0 Å². The molecule has 0 fully saturated rings. The van der Waals surface area contributed by atoms with E-state index in [0.29, 0.717) is 23.7 Å². The normalized spacial score (nSPS) is 12.6. The number of hydrogen-bond acceptors (Lipinski definition) is 4. The Morgan fingerprint density at radius 2 is 1.68 bits per heavy atom. The number of anilines is 1. The van der Waals surface area contributed by atoms with Crippen LogP contribution in [0.5, 0.6) is 11.5 Å². The third-order valence-electron chi connectivity index (χ3n) is 4.40. The topological polar surface area (TPSA) is 50.8 Å². The Morgan fingerprint density at radius 1 is 1.07 bits per heavy atom. The number of methoxy groups -OCH3 is 2. The SMILES string of the molecule is COc1ccc(CN(C)C(C)C(=O)Nc2ccc(C(F)(F)F)cc2)cc1OC. The molecule has 0 radical (unpaired) electrons. The van der Waals surface area contributed by atoms with Crippen molar-refractivity contribution in [1.82, 2.24) is 4.90 Å². The minimum Gasteiger partial charge on any atom is -0.493 e. The highest BCUT2D eigenvalue weighted by Crippen LogP contribution is 2.30. The molecule has 0 saturated carbocycles. The number of halogens is 3. The van der Waals surface area contributed by atoms with Crippen molar-refractivity contribution in [3.8, 4) is 11.5 Å². The molecule has 0 bridgehead atoms. The van der Waals surface area contributed by atoms with Crippen molar-refractivity contribution in [1.29, 1.82) is 0 Å². The lowest BCUT2D eigenvalue weighted by Crippen LogP contribution is -2.39. The van der Waals surface area contributed by atoms with E-state index in [1.807, 2.05) is 17.0 Å². The van der Waals surface area contributed by atoms with E-state index in [2.05, 4.69) is 5.32 Å². The van der Waals surface area contributed by atoms with E-state index in [-0.39, 0.29) is 5.91 Å². The van der Waals surface area contributed by atoms with Gasteiger partial charge in [0, 0.05) is 12.2 Å². The summed E-state index contributed by atoms with van der Waals surface area (Å²) >= 11 is 0. The van der Waals surface area contributed by atoms with Crippen LogP contribution in [0, 0.1) is 0 Å². The molecule has 2 aromatic carbocycles. The maximum Gasteiger partial charge on any atom is 0.416 e. The van der Waals surface area contributed by atoms with E-state index >= 15 is 0 Å². The molecule has 0 aliphatic carbocycles. The summed E-state index contributed by atoms with van der Waals surface area (Å²) in [4.78, 5) is 14.2. The molecule has 1 amide bonds. The predicted molar refractivity (Wildman–Crippen MR) is 101 cm³/mol. The lowest BCUT2D eigenvalue weighted by Gasteiger charge is -2.24. The van der Waals surface area contributed by atoms with E-state index < -0.39 is 17.8 Å². The molecule has 1 N–H and O–H groups in total. The number of amides is 1. The molecule has 8 heteroatoms.